The van der Waals surface area contributed by atoms with E-state index in [0.717, 1.165) is 39.0 Å². The first-order chi connectivity index (χ1) is 13.6. The Balaban J connectivity index is 1.57. The van der Waals surface area contributed by atoms with Gasteiger partial charge in [0.05, 0.1) is 12.8 Å². The predicted octanol–water partition coefficient (Wildman–Crippen LogP) is 7.88. The fraction of sp³-hybridized carbons (Fsp3) is 0.0952. The second-order valence-electron chi connectivity index (χ2n) is 5.86. The Kier molecular flexibility index (Phi) is 8.69. The molecule has 144 valence electrons. The minimum atomic E-state index is 0.808. The van der Waals surface area contributed by atoms with Crippen molar-refractivity contribution in [3.05, 3.63) is 92.9 Å². The van der Waals surface area contributed by atoms with Crippen molar-refractivity contribution in [2.45, 2.75) is 6.42 Å². The van der Waals surface area contributed by atoms with Crippen molar-refractivity contribution < 1.29 is 4.74 Å². The van der Waals surface area contributed by atoms with Crippen LogP contribution in [0.3, 0.4) is 0 Å². The van der Waals surface area contributed by atoms with Crippen LogP contribution in [0.25, 0.3) is 0 Å². The van der Waals surface area contributed by atoms with Gasteiger partial charge in [0.15, 0.2) is 0 Å². The van der Waals surface area contributed by atoms with Crippen molar-refractivity contribution in [2.24, 2.45) is 5.10 Å². The summed E-state index contributed by atoms with van der Waals surface area (Å²) in [7, 11) is 1.58. The molecule has 3 aromatic rings. The highest BCUT2D eigenvalue weighted by molar-refractivity contribution is 14.2. The largest absolute Gasteiger partial charge is 0.457 e. The van der Waals surface area contributed by atoms with Gasteiger partial charge in [-0.05, 0) is 72.1 Å². The lowest BCUT2D eigenvalue weighted by Gasteiger charge is -2.14. The molecular weight excluding hydrogens is 615 g/mol. The molecule has 0 unspecified atom stereocenters. The third-order valence-electron chi connectivity index (χ3n) is 3.85. The first-order valence-corrected chi connectivity index (χ1v) is 13.4. The van der Waals surface area contributed by atoms with Crippen LogP contribution in [-0.4, -0.2) is 17.2 Å². The van der Waals surface area contributed by atoms with E-state index in [2.05, 4.69) is 70.3 Å². The Hall–Kier alpha value is -1.03. The number of halogens is 3. The SMILES string of the molecule is Brc1ccc(Br)c(CCN(/N=C/c2ccc(Oc3ccccc3)cc2)SI)c1. The number of benzene rings is 3. The molecule has 3 aromatic carbocycles. The van der Waals surface area contributed by atoms with Gasteiger partial charge in [-0.2, -0.15) is 5.10 Å². The van der Waals surface area contributed by atoms with E-state index in [0.29, 0.717) is 0 Å². The van der Waals surface area contributed by atoms with Crippen LogP contribution in [0.4, 0.5) is 0 Å². The smallest absolute Gasteiger partial charge is 0.127 e. The molecule has 7 heteroatoms. The van der Waals surface area contributed by atoms with E-state index in [1.165, 1.54) is 5.56 Å². The number of para-hydroxylation sites is 1. The maximum atomic E-state index is 5.82. The monoisotopic (exact) mass is 630 g/mol. The number of nitrogens with zero attached hydrogens (tertiary/aromatic N) is 2. The van der Waals surface area contributed by atoms with Crippen LogP contribution in [-0.2, 0) is 6.42 Å². The van der Waals surface area contributed by atoms with E-state index in [9.17, 15) is 0 Å². The highest BCUT2D eigenvalue weighted by Gasteiger charge is 2.05. The molecular formula is C21H17Br2IN2OS. The van der Waals surface area contributed by atoms with E-state index in [4.69, 9.17) is 4.74 Å². The molecule has 0 aromatic heterocycles. The van der Waals surface area contributed by atoms with Gasteiger partial charge in [-0.25, -0.2) is 4.41 Å². The summed E-state index contributed by atoms with van der Waals surface area (Å²) in [5, 5.41) is 4.59. The van der Waals surface area contributed by atoms with Crippen LogP contribution in [0.1, 0.15) is 11.1 Å². The fourth-order valence-corrected chi connectivity index (χ4v) is 4.43. The summed E-state index contributed by atoms with van der Waals surface area (Å²) < 4.78 is 10.00. The summed E-state index contributed by atoms with van der Waals surface area (Å²) in [6.45, 7) is 0.814. The zero-order chi connectivity index (χ0) is 19.8. The Morgan fingerprint density at radius 1 is 0.964 bits per heavy atom. The number of rotatable bonds is 8. The van der Waals surface area contributed by atoms with Crippen molar-refractivity contribution in [3.63, 3.8) is 0 Å². The van der Waals surface area contributed by atoms with E-state index in [1.807, 2.05) is 71.3 Å². The minimum absolute atomic E-state index is 0.808. The highest BCUT2D eigenvalue weighted by atomic mass is 127. The van der Waals surface area contributed by atoms with Crippen molar-refractivity contribution in [1.82, 2.24) is 4.41 Å². The topological polar surface area (TPSA) is 24.8 Å². The van der Waals surface area contributed by atoms with Crippen molar-refractivity contribution >= 4 is 68.4 Å². The third-order valence-corrected chi connectivity index (χ3v) is 6.92. The molecule has 0 saturated heterocycles. The molecule has 0 radical (unpaired) electrons. The van der Waals surface area contributed by atoms with Gasteiger partial charge in [-0.15, -0.1) is 0 Å². The summed E-state index contributed by atoms with van der Waals surface area (Å²) in [5.74, 6) is 1.64. The standard InChI is InChI=1S/C21H17Br2IN2OS/c22-18-8-11-21(23)17(14-18)12-13-26(28-24)25-15-16-6-9-20(10-7-16)27-19-4-2-1-3-5-19/h1-11,14-15H,12-13H2/b25-15+. The van der Waals surface area contributed by atoms with Gasteiger partial charge in [0.25, 0.3) is 0 Å². The average molecular weight is 632 g/mol. The lowest BCUT2D eigenvalue weighted by Crippen LogP contribution is -2.11. The molecule has 0 bridgehead atoms. The first kappa shape index (κ1) is 21.7. The van der Waals surface area contributed by atoms with Crippen LogP contribution < -0.4 is 4.74 Å². The lowest BCUT2D eigenvalue weighted by atomic mass is 10.1. The van der Waals surface area contributed by atoms with E-state index >= 15 is 0 Å². The molecule has 0 saturated carbocycles. The van der Waals surface area contributed by atoms with Gasteiger partial charge < -0.3 is 4.74 Å². The van der Waals surface area contributed by atoms with Crippen LogP contribution >= 0.6 is 62.2 Å². The Labute approximate surface area is 198 Å². The zero-order valence-electron chi connectivity index (χ0n) is 14.8. The number of hydrazone groups is 1. The molecule has 0 fully saturated rings. The maximum absolute atomic E-state index is 5.82. The van der Waals surface area contributed by atoms with E-state index < -0.39 is 0 Å². The first-order valence-electron chi connectivity index (χ1n) is 8.51. The molecule has 3 rings (SSSR count). The molecule has 0 atom stereocenters. The maximum Gasteiger partial charge on any atom is 0.127 e. The molecule has 0 heterocycles. The summed E-state index contributed by atoms with van der Waals surface area (Å²) in [6.07, 6.45) is 2.77. The number of hydrogen-bond acceptors (Lipinski definition) is 4. The van der Waals surface area contributed by atoms with Crippen LogP contribution in [0.2, 0.25) is 0 Å². The fourth-order valence-electron chi connectivity index (χ4n) is 2.44. The molecule has 0 aliphatic heterocycles. The number of hydrogen-bond donors (Lipinski definition) is 0. The molecule has 0 aliphatic rings. The molecule has 0 N–H and O–H groups in total. The van der Waals surface area contributed by atoms with Crippen molar-refractivity contribution in [1.29, 1.82) is 0 Å². The second-order valence-corrected chi connectivity index (χ2v) is 9.37. The molecule has 0 amide bonds. The summed E-state index contributed by atoms with van der Waals surface area (Å²) in [4.78, 5) is 0. The van der Waals surface area contributed by atoms with Gasteiger partial charge >= 0.3 is 0 Å². The average Bonchev–Trinajstić information content (AvgIpc) is 2.72. The minimum Gasteiger partial charge on any atom is -0.457 e. The number of ether oxygens (including phenoxy) is 1. The van der Waals surface area contributed by atoms with Gasteiger partial charge in [0.2, 0.25) is 0 Å². The highest BCUT2D eigenvalue weighted by Crippen LogP contribution is 2.25. The van der Waals surface area contributed by atoms with Crippen molar-refractivity contribution in [2.75, 3.05) is 6.54 Å². The van der Waals surface area contributed by atoms with Gasteiger partial charge in [-0.1, -0.05) is 50.1 Å². The molecule has 3 nitrogen and oxygen atoms in total. The van der Waals surface area contributed by atoms with Crippen LogP contribution in [0.15, 0.2) is 86.8 Å². The van der Waals surface area contributed by atoms with Crippen molar-refractivity contribution in [3.8, 4) is 11.5 Å². The lowest BCUT2D eigenvalue weighted by molar-refractivity contribution is 0.482. The van der Waals surface area contributed by atoms with Crippen LogP contribution in [0, 0.1) is 0 Å². The van der Waals surface area contributed by atoms with E-state index in [1.54, 1.807) is 9.12 Å². The second kappa shape index (κ2) is 11.2. The van der Waals surface area contributed by atoms with Gasteiger partial charge in [0.1, 0.15) is 11.5 Å². The third kappa shape index (κ3) is 6.79. The Morgan fingerprint density at radius 2 is 1.68 bits per heavy atom. The molecule has 0 aliphatic carbocycles. The summed E-state index contributed by atoms with van der Waals surface area (Å²) in [6, 6.07) is 23.9. The molecule has 28 heavy (non-hydrogen) atoms. The van der Waals surface area contributed by atoms with Crippen LogP contribution in [0.5, 0.6) is 11.5 Å². The van der Waals surface area contributed by atoms with Gasteiger partial charge in [-0.3, -0.25) is 0 Å². The van der Waals surface area contributed by atoms with Gasteiger partial charge in [0, 0.05) is 39.3 Å². The molecule has 0 spiro atoms. The Morgan fingerprint density at radius 3 is 2.39 bits per heavy atom. The zero-order valence-corrected chi connectivity index (χ0v) is 20.9. The Bertz CT molecular complexity index is 923. The normalized spacial score (nSPS) is 11.0. The quantitative estimate of drug-likeness (QED) is 0.109. The van der Waals surface area contributed by atoms with E-state index in [-0.39, 0.29) is 0 Å². The predicted molar refractivity (Wildman–Crippen MR) is 134 cm³/mol. The summed E-state index contributed by atoms with van der Waals surface area (Å²) in [5.41, 5.74) is 2.28. The summed E-state index contributed by atoms with van der Waals surface area (Å²) >= 11 is 9.39.